The van der Waals surface area contributed by atoms with E-state index in [-0.39, 0.29) is 0 Å². The van der Waals surface area contributed by atoms with Crippen LogP contribution in [0.1, 0.15) is 33.3 Å². The second-order valence-electron chi connectivity index (χ2n) is 6.61. The molecule has 1 unspecified atom stereocenters. The van der Waals surface area contributed by atoms with Crippen molar-refractivity contribution in [3.05, 3.63) is 54.1 Å². The van der Waals surface area contributed by atoms with Gasteiger partial charge in [0.25, 0.3) is 0 Å². The van der Waals surface area contributed by atoms with E-state index in [0.717, 1.165) is 33.5 Å². The van der Waals surface area contributed by atoms with Gasteiger partial charge in [-0.3, -0.25) is 0 Å². The molecular weight excluding hydrogens is 320 g/mol. The average molecular weight is 340 g/mol. The van der Waals surface area contributed by atoms with Crippen LogP contribution in [0.15, 0.2) is 57.5 Å². The smallest absolute Gasteiger partial charge is 0.167 e. The first-order valence-electron chi connectivity index (χ1n) is 7.79. The van der Waals surface area contributed by atoms with Gasteiger partial charge in [0.15, 0.2) is 5.58 Å². The van der Waals surface area contributed by atoms with Crippen LogP contribution < -0.4 is 0 Å². The molecule has 0 aliphatic rings. The predicted octanol–water partition coefficient (Wildman–Crippen LogP) is 4.77. The molecule has 24 heavy (non-hydrogen) atoms. The highest BCUT2D eigenvalue weighted by Crippen LogP contribution is 2.30. The highest BCUT2D eigenvalue weighted by molar-refractivity contribution is 7.85. The minimum Gasteiger partial charge on any atom is -0.356 e. The first kappa shape index (κ1) is 16.6. The van der Waals surface area contributed by atoms with E-state index in [9.17, 15) is 4.21 Å². The Morgan fingerprint density at radius 1 is 1.08 bits per heavy atom. The molecule has 1 aromatic heterocycles. The van der Waals surface area contributed by atoms with Crippen molar-refractivity contribution in [2.75, 3.05) is 0 Å². The molecule has 0 aliphatic carbocycles. The van der Waals surface area contributed by atoms with Gasteiger partial charge in [-0.25, -0.2) is 4.21 Å². The molecule has 0 amide bonds. The standard InChI is InChI=1S/C19H20N2O2S/c1-13(21-24(22)19(2,3)4)14-9-5-6-10-15(14)18-16-11-7-8-12-17(16)23-20-18/h5-12H,1-4H3. The van der Waals surface area contributed by atoms with Crippen LogP contribution >= 0.6 is 0 Å². The van der Waals surface area contributed by atoms with Gasteiger partial charge < -0.3 is 4.52 Å². The third-order valence-electron chi connectivity index (χ3n) is 3.69. The van der Waals surface area contributed by atoms with Crippen LogP contribution in [0.25, 0.3) is 22.2 Å². The Hall–Kier alpha value is -2.27. The van der Waals surface area contributed by atoms with Crippen LogP contribution in [-0.4, -0.2) is 19.8 Å². The summed E-state index contributed by atoms with van der Waals surface area (Å²) in [6.45, 7) is 7.62. The molecule has 0 radical (unpaired) electrons. The molecule has 0 saturated carbocycles. The van der Waals surface area contributed by atoms with Crippen molar-refractivity contribution in [2.24, 2.45) is 4.40 Å². The maximum absolute atomic E-state index is 12.3. The third kappa shape index (κ3) is 3.17. The zero-order chi connectivity index (χ0) is 17.3. The maximum atomic E-state index is 12.3. The van der Waals surface area contributed by atoms with E-state index in [2.05, 4.69) is 9.55 Å². The molecule has 0 aliphatic heterocycles. The van der Waals surface area contributed by atoms with E-state index < -0.39 is 15.7 Å². The van der Waals surface area contributed by atoms with E-state index in [4.69, 9.17) is 4.52 Å². The monoisotopic (exact) mass is 340 g/mol. The number of fused-ring (bicyclic) bond motifs is 1. The van der Waals surface area contributed by atoms with Gasteiger partial charge in [0.05, 0.1) is 10.5 Å². The molecule has 0 N–H and O–H groups in total. The molecule has 0 bridgehead atoms. The van der Waals surface area contributed by atoms with E-state index in [1.54, 1.807) is 0 Å². The number of benzene rings is 2. The molecule has 1 atom stereocenters. The van der Waals surface area contributed by atoms with Gasteiger partial charge in [-0.05, 0) is 39.8 Å². The number of hydrogen-bond acceptors (Lipinski definition) is 3. The Bertz CT molecular complexity index is 936. The summed E-state index contributed by atoms with van der Waals surface area (Å²) in [6.07, 6.45) is 0. The van der Waals surface area contributed by atoms with Crippen LogP contribution in [0.4, 0.5) is 0 Å². The highest BCUT2D eigenvalue weighted by atomic mass is 32.2. The molecule has 2 aromatic carbocycles. The number of para-hydroxylation sites is 1. The third-order valence-corrected chi connectivity index (χ3v) is 5.18. The normalized spacial score (nSPS) is 14.1. The SMILES string of the molecule is CC(=NS(=O)C(C)(C)C)c1ccccc1-c1noc2ccccc12. The minimum absolute atomic E-state index is 0.392. The fraction of sp³-hybridized carbons (Fsp3) is 0.263. The summed E-state index contributed by atoms with van der Waals surface area (Å²) in [7, 11) is -1.31. The van der Waals surface area contributed by atoms with E-state index in [1.165, 1.54) is 0 Å². The first-order valence-corrected chi connectivity index (χ1v) is 8.90. The van der Waals surface area contributed by atoms with Gasteiger partial charge in [-0.2, -0.15) is 4.40 Å². The number of hydrogen-bond donors (Lipinski definition) is 0. The van der Waals surface area contributed by atoms with Crippen molar-refractivity contribution in [2.45, 2.75) is 32.4 Å². The molecule has 0 fully saturated rings. The van der Waals surface area contributed by atoms with E-state index in [1.807, 2.05) is 76.2 Å². The lowest BCUT2D eigenvalue weighted by Crippen LogP contribution is -2.20. The van der Waals surface area contributed by atoms with Gasteiger partial charge in [0, 0.05) is 16.5 Å². The lowest BCUT2D eigenvalue weighted by atomic mass is 9.99. The molecule has 4 nitrogen and oxygen atoms in total. The minimum atomic E-state index is -1.31. The van der Waals surface area contributed by atoms with Crippen molar-refractivity contribution in [1.29, 1.82) is 0 Å². The Morgan fingerprint density at radius 3 is 2.50 bits per heavy atom. The summed E-state index contributed by atoms with van der Waals surface area (Å²) in [5.41, 5.74) is 4.09. The summed E-state index contributed by atoms with van der Waals surface area (Å²) in [5.74, 6) is 0. The quantitative estimate of drug-likeness (QED) is 0.646. The maximum Gasteiger partial charge on any atom is 0.167 e. The largest absolute Gasteiger partial charge is 0.356 e. The van der Waals surface area contributed by atoms with Crippen LogP contribution in [0.2, 0.25) is 0 Å². The second kappa shape index (κ2) is 6.32. The fourth-order valence-electron chi connectivity index (χ4n) is 2.40. The first-order chi connectivity index (χ1) is 11.4. The lowest BCUT2D eigenvalue weighted by molar-refractivity contribution is 0.459. The van der Waals surface area contributed by atoms with Gasteiger partial charge in [0.2, 0.25) is 0 Å². The van der Waals surface area contributed by atoms with Gasteiger partial charge in [0.1, 0.15) is 16.7 Å². The van der Waals surface area contributed by atoms with Gasteiger partial charge in [-0.1, -0.05) is 41.6 Å². The molecule has 5 heteroatoms. The van der Waals surface area contributed by atoms with Crippen LogP contribution in [0.3, 0.4) is 0 Å². The zero-order valence-electron chi connectivity index (χ0n) is 14.2. The number of nitrogens with zero attached hydrogens (tertiary/aromatic N) is 2. The molecule has 1 heterocycles. The lowest BCUT2D eigenvalue weighted by Gasteiger charge is -2.15. The van der Waals surface area contributed by atoms with Crippen molar-refractivity contribution in [1.82, 2.24) is 5.16 Å². The average Bonchev–Trinajstić information content (AvgIpc) is 2.97. The molecule has 0 spiro atoms. The molecule has 0 saturated heterocycles. The van der Waals surface area contributed by atoms with E-state index in [0.29, 0.717) is 0 Å². The van der Waals surface area contributed by atoms with Crippen molar-refractivity contribution in [3.63, 3.8) is 0 Å². The second-order valence-corrected chi connectivity index (χ2v) is 8.52. The Kier molecular flexibility index (Phi) is 4.37. The summed E-state index contributed by atoms with van der Waals surface area (Å²) >= 11 is 0. The number of rotatable bonds is 3. The number of aromatic nitrogens is 1. The highest BCUT2D eigenvalue weighted by Gasteiger charge is 2.20. The topological polar surface area (TPSA) is 55.5 Å². The van der Waals surface area contributed by atoms with Gasteiger partial charge in [-0.15, -0.1) is 0 Å². The Balaban J connectivity index is 2.12. The fourth-order valence-corrected chi connectivity index (χ4v) is 3.02. The van der Waals surface area contributed by atoms with Crippen molar-refractivity contribution >= 4 is 27.7 Å². The predicted molar refractivity (Wildman–Crippen MR) is 99.6 cm³/mol. The van der Waals surface area contributed by atoms with Crippen molar-refractivity contribution in [3.8, 4) is 11.3 Å². The van der Waals surface area contributed by atoms with Crippen LogP contribution in [0.5, 0.6) is 0 Å². The summed E-state index contributed by atoms with van der Waals surface area (Å²) < 4.78 is 21.8. The molecular formula is C19H20N2O2S. The summed E-state index contributed by atoms with van der Waals surface area (Å²) in [4.78, 5) is 0. The van der Waals surface area contributed by atoms with Crippen LogP contribution in [-0.2, 0) is 11.0 Å². The Morgan fingerprint density at radius 2 is 1.75 bits per heavy atom. The van der Waals surface area contributed by atoms with Crippen molar-refractivity contribution < 1.29 is 8.73 Å². The zero-order valence-corrected chi connectivity index (χ0v) is 15.1. The van der Waals surface area contributed by atoms with Gasteiger partial charge >= 0.3 is 0 Å². The molecule has 3 rings (SSSR count). The molecule has 124 valence electrons. The summed E-state index contributed by atoms with van der Waals surface area (Å²) in [6, 6.07) is 15.6. The molecule has 3 aromatic rings. The Labute approximate surface area is 144 Å². The van der Waals surface area contributed by atoms with Crippen LogP contribution in [0, 0.1) is 0 Å². The summed E-state index contributed by atoms with van der Waals surface area (Å²) in [5, 5.41) is 5.18. The van der Waals surface area contributed by atoms with E-state index >= 15 is 0 Å².